The lowest BCUT2D eigenvalue weighted by molar-refractivity contribution is -0.592. The minimum atomic E-state index is 0.298. The van der Waals surface area contributed by atoms with Gasteiger partial charge in [0.2, 0.25) is 0 Å². The van der Waals surface area contributed by atoms with E-state index in [9.17, 15) is 0 Å². The number of likely N-dealkylation sites (N-methyl/N-ethyl adjacent to an activating group) is 1. The van der Waals surface area contributed by atoms with Crippen molar-refractivity contribution < 1.29 is 4.70 Å². The average molecular weight is 322 g/mol. The highest BCUT2D eigenvalue weighted by molar-refractivity contribution is 5.61. The van der Waals surface area contributed by atoms with E-state index in [4.69, 9.17) is 5.22 Å². The first-order valence-corrected chi connectivity index (χ1v) is 8.88. The van der Waals surface area contributed by atoms with Gasteiger partial charge in [-0.1, -0.05) is 76.2 Å². The second kappa shape index (κ2) is 6.76. The van der Waals surface area contributed by atoms with Crippen LogP contribution in [-0.2, 0) is 0 Å². The maximum Gasteiger partial charge on any atom is 0.182 e. The standard InChI is InChI=1S/C21H28N3/c1-15(2)18-12-9-13-19(16(3)4)21(18)24-14-20(23(5)22-24)17-10-7-6-8-11-17/h6-13,15-16,20H,14H2,1-5H3/q+1. The molecule has 0 spiro atoms. The first kappa shape index (κ1) is 16.7. The summed E-state index contributed by atoms with van der Waals surface area (Å²) in [7, 11) is 2.07. The van der Waals surface area contributed by atoms with Gasteiger partial charge in [-0.15, -0.1) is 5.01 Å². The number of rotatable bonds is 4. The molecule has 1 heterocycles. The van der Waals surface area contributed by atoms with E-state index in [2.05, 4.69) is 93.0 Å². The zero-order valence-electron chi connectivity index (χ0n) is 15.4. The number of anilines is 1. The third-order valence-electron chi connectivity index (χ3n) is 4.83. The number of benzene rings is 2. The number of hydrogen-bond acceptors (Lipinski definition) is 2. The van der Waals surface area contributed by atoms with Crippen LogP contribution < -0.4 is 5.01 Å². The Bertz CT molecular complexity index is 706. The molecule has 1 aliphatic rings. The predicted octanol–water partition coefficient (Wildman–Crippen LogP) is 5.50. The van der Waals surface area contributed by atoms with Crippen LogP contribution in [0.5, 0.6) is 0 Å². The molecule has 0 amide bonds. The fourth-order valence-corrected chi connectivity index (χ4v) is 3.49. The molecule has 3 rings (SSSR count). The van der Waals surface area contributed by atoms with Gasteiger partial charge in [0.05, 0.1) is 12.3 Å². The van der Waals surface area contributed by atoms with E-state index >= 15 is 0 Å². The van der Waals surface area contributed by atoms with Gasteiger partial charge in [-0.25, -0.2) is 0 Å². The maximum atomic E-state index is 4.87. The third kappa shape index (κ3) is 3.08. The van der Waals surface area contributed by atoms with Crippen molar-refractivity contribution in [1.29, 1.82) is 0 Å². The van der Waals surface area contributed by atoms with Crippen molar-refractivity contribution in [3.05, 3.63) is 65.2 Å². The molecule has 0 N–H and O–H groups in total. The molecule has 3 heteroatoms. The molecule has 1 aliphatic heterocycles. The SMILES string of the molecule is CC(C)c1cccc(C(C)C)c1N1CC(c2ccccc2)[N+](C)=N1. The Morgan fingerprint density at radius 3 is 2.04 bits per heavy atom. The van der Waals surface area contributed by atoms with Gasteiger partial charge in [-0.05, 0) is 11.8 Å². The van der Waals surface area contributed by atoms with Gasteiger partial charge in [0.1, 0.15) is 0 Å². The molecule has 2 aromatic carbocycles. The molecule has 0 saturated carbocycles. The van der Waals surface area contributed by atoms with E-state index < -0.39 is 0 Å². The van der Waals surface area contributed by atoms with Crippen LogP contribution in [0.2, 0.25) is 0 Å². The number of hydrogen-bond donors (Lipinski definition) is 0. The lowest BCUT2D eigenvalue weighted by Gasteiger charge is -2.19. The Kier molecular flexibility index (Phi) is 4.70. The summed E-state index contributed by atoms with van der Waals surface area (Å²) in [4.78, 5) is 0. The molecule has 1 atom stereocenters. The Balaban J connectivity index is 2.02. The molecule has 2 aromatic rings. The van der Waals surface area contributed by atoms with Crippen molar-refractivity contribution >= 4 is 5.69 Å². The van der Waals surface area contributed by atoms with Crippen molar-refractivity contribution in [2.75, 3.05) is 18.6 Å². The van der Waals surface area contributed by atoms with Gasteiger partial charge in [0.25, 0.3) is 0 Å². The fraction of sp³-hybridized carbons (Fsp3) is 0.429. The van der Waals surface area contributed by atoms with Crippen LogP contribution in [0.4, 0.5) is 5.69 Å². The Hall–Kier alpha value is -2.16. The Labute approximate surface area is 145 Å². The molecule has 0 bridgehead atoms. The van der Waals surface area contributed by atoms with Crippen LogP contribution in [0, 0.1) is 0 Å². The monoisotopic (exact) mass is 322 g/mol. The summed E-state index contributed by atoms with van der Waals surface area (Å²) in [6.07, 6.45) is 0. The molecule has 0 aromatic heterocycles. The number of nitrogens with zero attached hydrogens (tertiary/aromatic N) is 3. The van der Waals surface area contributed by atoms with Crippen LogP contribution in [0.25, 0.3) is 0 Å². The van der Waals surface area contributed by atoms with Crippen LogP contribution in [0.15, 0.2) is 53.8 Å². The normalized spacial score (nSPS) is 17.7. The van der Waals surface area contributed by atoms with Crippen molar-refractivity contribution in [2.24, 2.45) is 5.22 Å². The Morgan fingerprint density at radius 2 is 1.50 bits per heavy atom. The molecule has 0 fully saturated rings. The quantitative estimate of drug-likeness (QED) is 0.680. The Morgan fingerprint density at radius 1 is 0.917 bits per heavy atom. The van der Waals surface area contributed by atoms with Crippen LogP contribution in [-0.4, -0.2) is 18.3 Å². The van der Waals surface area contributed by atoms with Crippen LogP contribution in [0.1, 0.15) is 62.3 Å². The zero-order valence-corrected chi connectivity index (χ0v) is 15.4. The van der Waals surface area contributed by atoms with Crippen molar-refractivity contribution in [3.63, 3.8) is 0 Å². The van der Waals surface area contributed by atoms with Gasteiger partial charge in [0.15, 0.2) is 18.3 Å². The summed E-state index contributed by atoms with van der Waals surface area (Å²) < 4.78 is 2.09. The molecule has 126 valence electrons. The molecule has 0 saturated heterocycles. The largest absolute Gasteiger partial charge is 0.182 e. The molecular weight excluding hydrogens is 294 g/mol. The van der Waals surface area contributed by atoms with Crippen molar-refractivity contribution in [1.82, 2.24) is 0 Å². The summed E-state index contributed by atoms with van der Waals surface area (Å²) in [5.41, 5.74) is 5.38. The fourth-order valence-electron chi connectivity index (χ4n) is 3.49. The average Bonchev–Trinajstić information content (AvgIpc) is 2.96. The van der Waals surface area contributed by atoms with E-state index in [1.54, 1.807) is 0 Å². The highest BCUT2D eigenvalue weighted by Crippen LogP contribution is 2.38. The lowest BCUT2D eigenvalue weighted by Crippen LogP contribution is -2.21. The van der Waals surface area contributed by atoms with Gasteiger partial charge >= 0.3 is 0 Å². The predicted molar refractivity (Wildman–Crippen MR) is 99.8 cm³/mol. The lowest BCUT2D eigenvalue weighted by atomic mass is 9.92. The minimum absolute atomic E-state index is 0.298. The molecular formula is C21H28N3+. The van der Waals surface area contributed by atoms with E-state index in [0.717, 1.165) is 6.54 Å². The van der Waals surface area contributed by atoms with Crippen LogP contribution in [0.3, 0.4) is 0 Å². The zero-order chi connectivity index (χ0) is 17.3. The summed E-state index contributed by atoms with van der Waals surface area (Å²) in [5.74, 6) is 0.963. The smallest absolute Gasteiger partial charge is 0.160 e. The van der Waals surface area contributed by atoms with E-state index in [-0.39, 0.29) is 0 Å². The summed E-state index contributed by atoms with van der Waals surface area (Å²) in [6, 6.07) is 17.6. The summed E-state index contributed by atoms with van der Waals surface area (Å²) in [6.45, 7) is 9.94. The molecule has 1 unspecified atom stereocenters. The summed E-state index contributed by atoms with van der Waals surface area (Å²) >= 11 is 0. The highest BCUT2D eigenvalue weighted by Gasteiger charge is 2.36. The number of para-hydroxylation sites is 1. The first-order valence-electron chi connectivity index (χ1n) is 8.88. The molecule has 24 heavy (non-hydrogen) atoms. The molecule has 3 nitrogen and oxygen atoms in total. The van der Waals surface area contributed by atoms with Gasteiger partial charge in [-0.3, -0.25) is 0 Å². The van der Waals surface area contributed by atoms with Gasteiger partial charge < -0.3 is 0 Å². The highest BCUT2D eigenvalue weighted by atomic mass is 15.6. The summed E-state index contributed by atoms with van der Waals surface area (Å²) in [5, 5.41) is 7.08. The second-order valence-corrected chi connectivity index (χ2v) is 7.27. The van der Waals surface area contributed by atoms with E-state index in [1.807, 2.05) is 0 Å². The van der Waals surface area contributed by atoms with Gasteiger partial charge in [0, 0.05) is 16.7 Å². The molecule has 0 aliphatic carbocycles. The van der Waals surface area contributed by atoms with Gasteiger partial charge in [-0.2, -0.15) is 4.70 Å². The van der Waals surface area contributed by atoms with E-state index in [1.165, 1.54) is 22.4 Å². The first-order chi connectivity index (χ1) is 11.5. The molecule has 0 radical (unpaired) electrons. The van der Waals surface area contributed by atoms with Crippen molar-refractivity contribution in [2.45, 2.75) is 45.6 Å². The topological polar surface area (TPSA) is 18.6 Å². The second-order valence-electron chi connectivity index (χ2n) is 7.27. The van der Waals surface area contributed by atoms with Crippen molar-refractivity contribution in [3.8, 4) is 0 Å². The maximum absolute atomic E-state index is 4.87. The van der Waals surface area contributed by atoms with Crippen LogP contribution >= 0.6 is 0 Å². The third-order valence-corrected chi connectivity index (χ3v) is 4.83. The minimum Gasteiger partial charge on any atom is -0.160 e. The van der Waals surface area contributed by atoms with E-state index in [0.29, 0.717) is 17.9 Å².